The maximum Gasteiger partial charge on any atom is 0.416 e. The van der Waals surface area contributed by atoms with E-state index in [1.807, 2.05) is 24.3 Å². The molecule has 0 amide bonds. The van der Waals surface area contributed by atoms with Crippen molar-refractivity contribution in [2.45, 2.75) is 44.8 Å². The number of piperidine rings is 1. The first kappa shape index (κ1) is 21.4. The van der Waals surface area contributed by atoms with Gasteiger partial charge in [-0.25, -0.2) is 0 Å². The predicted octanol–water partition coefficient (Wildman–Crippen LogP) is 5.71. The van der Waals surface area contributed by atoms with E-state index >= 15 is 0 Å². The molecule has 0 aromatic heterocycles. The van der Waals surface area contributed by atoms with Gasteiger partial charge >= 0.3 is 12.1 Å². The summed E-state index contributed by atoms with van der Waals surface area (Å²) in [6.07, 6.45) is -3.41. The summed E-state index contributed by atoms with van der Waals surface area (Å²) in [5.74, 6) is -0.833. The number of carboxylic acids is 1. The normalized spacial score (nSPS) is 17.4. The Morgan fingerprint density at radius 3 is 2.10 bits per heavy atom. The van der Waals surface area contributed by atoms with Gasteiger partial charge in [-0.15, -0.1) is 0 Å². The number of benzene rings is 2. The maximum absolute atomic E-state index is 13.3. The third-order valence-electron chi connectivity index (χ3n) is 5.69. The SMILES string of the molecule is CC(C)c1ccc(C(c2cccc(C(F)(F)F)c2)N2CCC(C(=O)O)CC2)cc1. The molecule has 2 aromatic rings. The Morgan fingerprint density at radius 2 is 1.59 bits per heavy atom. The van der Waals surface area contributed by atoms with Crippen molar-refractivity contribution in [1.29, 1.82) is 0 Å². The molecule has 1 unspecified atom stereocenters. The third kappa shape index (κ3) is 4.99. The highest BCUT2D eigenvalue weighted by atomic mass is 19.4. The van der Waals surface area contributed by atoms with E-state index in [-0.39, 0.29) is 6.04 Å². The lowest BCUT2D eigenvalue weighted by Gasteiger charge is -2.37. The highest BCUT2D eigenvalue weighted by Gasteiger charge is 2.33. The Kier molecular flexibility index (Phi) is 6.32. The number of aliphatic carboxylic acids is 1. The molecule has 2 aromatic carbocycles. The number of carbonyl (C=O) groups is 1. The molecule has 1 N–H and O–H groups in total. The minimum atomic E-state index is -4.40. The van der Waals surface area contributed by atoms with Crippen LogP contribution in [0.3, 0.4) is 0 Å². The minimum Gasteiger partial charge on any atom is -0.481 e. The molecule has 29 heavy (non-hydrogen) atoms. The molecule has 1 atom stereocenters. The number of nitrogens with zero attached hydrogens (tertiary/aromatic N) is 1. The Labute approximate surface area is 169 Å². The van der Waals surface area contributed by atoms with E-state index in [9.17, 15) is 23.1 Å². The number of hydrogen-bond donors (Lipinski definition) is 1. The molecule has 0 radical (unpaired) electrons. The molecule has 1 aliphatic rings. The molecule has 0 aliphatic carbocycles. The number of hydrogen-bond acceptors (Lipinski definition) is 2. The van der Waals surface area contributed by atoms with Gasteiger partial charge in [0.2, 0.25) is 0 Å². The second kappa shape index (κ2) is 8.57. The summed E-state index contributed by atoms with van der Waals surface area (Å²) in [6, 6.07) is 13.1. The van der Waals surface area contributed by atoms with Gasteiger partial charge in [-0.3, -0.25) is 9.69 Å². The van der Waals surface area contributed by atoms with Crippen LogP contribution in [0.4, 0.5) is 13.2 Å². The van der Waals surface area contributed by atoms with E-state index in [0.717, 1.165) is 11.6 Å². The summed E-state index contributed by atoms with van der Waals surface area (Å²) < 4.78 is 39.8. The Morgan fingerprint density at radius 1 is 1.00 bits per heavy atom. The van der Waals surface area contributed by atoms with Gasteiger partial charge in [0.1, 0.15) is 0 Å². The zero-order valence-electron chi connectivity index (χ0n) is 16.6. The van der Waals surface area contributed by atoms with Crippen molar-refractivity contribution in [2.75, 3.05) is 13.1 Å². The van der Waals surface area contributed by atoms with Crippen molar-refractivity contribution in [2.24, 2.45) is 5.92 Å². The Bertz CT molecular complexity index is 838. The zero-order valence-corrected chi connectivity index (χ0v) is 16.6. The van der Waals surface area contributed by atoms with Gasteiger partial charge in [0, 0.05) is 0 Å². The smallest absolute Gasteiger partial charge is 0.416 e. The van der Waals surface area contributed by atoms with Crippen LogP contribution in [0.2, 0.25) is 0 Å². The molecule has 156 valence electrons. The predicted molar refractivity (Wildman–Crippen MR) is 106 cm³/mol. The minimum absolute atomic E-state index is 0.340. The quantitative estimate of drug-likeness (QED) is 0.692. The second-order valence-corrected chi connectivity index (χ2v) is 8.00. The molecule has 1 saturated heterocycles. The van der Waals surface area contributed by atoms with Crippen molar-refractivity contribution in [3.63, 3.8) is 0 Å². The average Bonchev–Trinajstić information content (AvgIpc) is 2.68. The molecule has 0 bridgehead atoms. The van der Waals surface area contributed by atoms with Crippen molar-refractivity contribution >= 4 is 5.97 Å². The third-order valence-corrected chi connectivity index (χ3v) is 5.69. The van der Waals surface area contributed by atoms with E-state index in [1.54, 1.807) is 6.07 Å². The molecule has 0 saturated carbocycles. The van der Waals surface area contributed by atoms with Gasteiger partial charge in [0.25, 0.3) is 0 Å². The van der Waals surface area contributed by atoms with Crippen LogP contribution < -0.4 is 0 Å². The molecular weight excluding hydrogens is 379 g/mol. The van der Waals surface area contributed by atoms with E-state index in [0.29, 0.717) is 37.4 Å². The lowest BCUT2D eigenvalue weighted by atomic mass is 9.90. The molecule has 0 spiro atoms. The van der Waals surface area contributed by atoms with Crippen molar-refractivity contribution in [3.8, 4) is 0 Å². The van der Waals surface area contributed by atoms with Crippen LogP contribution in [0.5, 0.6) is 0 Å². The molecule has 1 fully saturated rings. The first-order chi connectivity index (χ1) is 13.7. The highest BCUT2D eigenvalue weighted by molar-refractivity contribution is 5.70. The number of carboxylic acid groups (broad SMARTS) is 1. The average molecular weight is 405 g/mol. The largest absolute Gasteiger partial charge is 0.481 e. The van der Waals surface area contributed by atoms with Crippen LogP contribution in [0.25, 0.3) is 0 Å². The first-order valence-electron chi connectivity index (χ1n) is 9.90. The van der Waals surface area contributed by atoms with E-state index in [4.69, 9.17) is 0 Å². The van der Waals surface area contributed by atoms with Crippen molar-refractivity contribution in [3.05, 3.63) is 70.8 Å². The summed E-state index contributed by atoms with van der Waals surface area (Å²) in [6.45, 7) is 5.25. The van der Waals surface area contributed by atoms with Crippen molar-refractivity contribution in [1.82, 2.24) is 4.90 Å². The fraction of sp³-hybridized carbons (Fsp3) is 0.435. The topological polar surface area (TPSA) is 40.5 Å². The highest BCUT2D eigenvalue weighted by Crippen LogP contribution is 2.36. The molecule has 1 aliphatic heterocycles. The van der Waals surface area contributed by atoms with Gasteiger partial charge in [-0.05, 0) is 60.7 Å². The Balaban J connectivity index is 1.97. The maximum atomic E-state index is 13.3. The molecule has 6 heteroatoms. The first-order valence-corrected chi connectivity index (χ1v) is 9.90. The van der Waals surface area contributed by atoms with Crippen molar-refractivity contribution < 1.29 is 23.1 Å². The number of halogens is 3. The van der Waals surface area contributed by atoms with Gasteiger partial charge in [-0.1, -0.05) is 50.2 Å². The van der Waals surface area contributed by atoms with Crippen LogP contribution in [0, 0.1) is 5.92 Å². The fourth-order valence-corrected chi connectivity index (χ4v) is 3.97. The van der Waals surface area contributed by atoms with Crippen LogP contribution in [0.1, 0.15) is 60.9 Å². The number of rotatable bonds is 5. The molecular formula is C23H26F3NO2. The summed E-state index contributed by atoms with van der Waals surface area (Å²) in [5.41, 5.74) is 1.99. The van der Waals surface area contributed by atoms with E-state index < -0.39 is 23.6 Å². The van der Waals surface area contributed by atoms with E-state index in [1.165, 1.54) is 17.7 Å². The fourth-order valence-electron chi connectivity index (χ4n) is 3.97. The van der Waals surface area contributed by atoms with E-state index in [2.05, 4.69) is 18.7 Å². The monoisotopic (exact) mass is 405 g/mol. The Hall–Kier alpha value is -2.34. The number of likely N-dealkylation sites (tertiary alicyclic amines) is 1. The zero-order chi connectivity index (χ0) is 21.2. The second-order valence-electron chi connectivity index (χ2n) is 8.00. The van der Waals surface area contributed by atoms with Gasteiger partial charge in [0.05, 0.1) is 17.5 Å². The van der Waals surface area contributed by atoms with Gasteiger partial charge in [0.15, 0.2) is 0 Å². The van der Waals surface area contributed by atoms with Gasteiger partial charge < -0.3 is 5.11 Å². The summed E-state index contributed by atoms with van der Waals surface area (Å²) in [4.78, 5) is 13.4. The van der Waals surface area contributed by atoms with Gasteiger partial charge in [-0.2, -0.15) is 13.2 Å². The van der Waals surface area contributed by atoms with Crippen LogP contribution >= 0.6 is 0 Å². The molecule has 1 heterocycles. The standard InChI is InChI=1S/C23H26F3NO2/c1-15(2)16-6-8-17(9-7-16)21(27-12-10-18(11-13-27)22(28)29)19-4-3-5-20(14-19)23(24,25)26/h3-9,14-15,18,21H,10-13H2,1-2H3,(H,28,29). The number of alkyl halides is 3. The lowest BCUT2D eigenvalue weighted by molar-refractivity contribution is -0.143. The summed E-state index contributed by atoms with van der Waals surface area (Å²) >= 11 is 0. The molecule has 3 rings (SSSR count). The molecule has 3 nitrogen and oxygen atoms in total. The van der Waals surface area contributed by atoms with Crippen LogP contribution in [0.15, 0.2) is 48.5 Å². The summed E-state index contributed by atoms with van der Waals surface area (Å²) in [7, 11) is 0. The summed E-state index contributed by atoms with van der Waals surface area (Å²) in [5, 5.41) is 9.26. The van der Waals surface area contributed by atoms with Crippen LogP contribution in [-0.4, -0.2) is 29.1 Å². The lowest BCUT2D eigenvalue weighted by Crippen LogP contribution is -2.39. The van der Waals surface area contributed by atoms with Crippen LogP contribution in [-0.2, 0) is 11.0 Å².